The van der Waals surface area contributed by atoms with Crippen LogP contribution in [0.15, 0.2) is 48.5 Å². The van der Waals surface area contributed by atoms with Gasteiger partial charge >= 0.3 is 0 Å². The number of aromatic nitrogens is 2. The summed E-state index contributed by atoms with van der Waals surface area (Å²) < 4.78 is 0. The van der Waals surface area contributed by atoms with Gasteiger partial charge in [-0.1, -0.05) is 48.0 Å². The Hall–Kier alpha value is -2.13. The second kappa shape index (κ2) is 4.27. The van der Waals surface area contributed by atoms with Crippen LogP contribution in [0.3, 0.4) is 0 Å². The third kappa shape index (κ3) is 1.79. The lowest BCUT2D eigenvalue weighted by molar-refractivity contribution is 1.07. The van der Waals surface area contributed by atoms with Crippen molar-refractivity contribution in [3.8, 4) is 11.3 Å². The van der Waals surface area contributed by atoms with Gasteiger partial charge in [0.05, 0.1) is 0 Å². The summed E-state index contributed by atoms with van der Waals surface area (Å²) in [5.41, 5.74) is 7.62. The molecule has 0 aliphatic carbocycles. The highest BCUT2D eigenvalue weighted by atomic mass is 35.5. The molecule has 88 valence electrons. The zero-order valence-electron chi connectivity index (χ0n) is 9.47. The van der Waals surface area contributed by atoms with Gasteiger partial charge in [0.25, 0.3) is 0 Å². The molecule has 0 unspecified atom stereocenters. The Balaban J connectivity index is 2.30. The number of rotatable bonds is 1. The van der Waals surface area contributed by atoms with Crippen LogP contribution >= 0.6 is 11.6 Å². The van der Waals surface area contributed by atoms with Crippen LogP contribution in [0.1, 0.15) is 0 Å². The Labute approximate surface area is 109 Å². The van der Waals surface area contributed by atoms with Gasteiger partial charge in [-0.3, -0.25) is 0 Å². The van der Waals surface area contributed by atoms with Crippen molar-refractivity contribution in [1.82, 2.24) is 10.2 Å². The molecule has 0 radical (unpaired) electrons. The van der Waals surface area contributed by atoms with E-state index in [0.717, 1.165) is 22.0 Å². The Morgan fingerprint density at radius 3 is 2.22 bits per heavy atom. The lowest BCUT2D eigenvalue weighted by Gasteiger charge is -2.06. The van der Waals surface area contributed by atoms with Gasteiger partial charge in [0.2, 0.25) is 0 Å². The van der Waals surface area contributed by atoms with Crippen molar-refractivity contribution >= 4 is 28.2 Å². The number of fused-ring (bicyclic) bond motifs is 1. The highest BCUT2D eigenvalue weighted by Crippen LogP contribution is 2.28. The highest BCUT2D eigenvalue weighted by molar-refractivity contribution is 6.30. The summed E-state index contributed by atoms with van der Waals surface area (Å²) in [5, 5.41) is 10.8. The summed E-state index contributed by atoms with van der Waals surface area (Å²) in [7, 11) is 0. The van der Waals surface area contributed by atoms with Gasteiger partial charge < -0.3 is 5.73 Å². The van der Waals surface area contributed by atoms with Crippen LogP contribution < -0.4 is 5.73 Å². The number of benzene rings is 2. The first kappa shape index (κ1) is 11.0. The third-order valence-electron chi connectivity index (χ3n) is 2.83. The van der Waals surface area contributed by atoms with E-state index in [4.69, 9.17) is 17.3 Å². The van der Waals surface area contributed by atoms with Crippen molar-refractivity contribution in [2.45, 2.75) is 0 Å². The standard InChI is InChI=1S/C14H10ClN3/c15-10-7-5-9(6-8-10)13-11-3-1-2-4-12(11)14(16)18-17-13/h1-8H,(H2,16,18). The Morgan fingerprint density at radius 1 is 0.833 bits per heavy atom. The van der Waals surface area contributed by atoms with Gasteiger partial charge in [0, 0.05) is 21.4 Å². The first-order valence-electron chi connectivity index (χ1n) is 5.52. The highest BCUT2D eigenvalue weighted by Gasteiger charge is 2.08. The quantitative estimate of drug-likeness (QED) is 0.724. The van der Waals surface area contributed by atoms with E-state index in [1.54, 1.807) is 0 Å². The van der Waals surface area contributed by atoms with Crippen LogP contribution in [0.2, 0.25) is 5.02 Å². The lowest BCUT2D eigenvalue weighted by atomic mass is 10.0. The van der Waals surface area contributed by atoms with Gasteiger partial charge in [-0.2, -0.15) is 0 Å². The molecule has 3 nitrogen and oxygen atoms in total. The number of hydrogen-bond donors (Lipinski definition) is 1. The fourth-order valence-electron chi connectivity index (χ4n) is 1.95. The van der Waals surface area contributed by atoms with Crippen LogP contribution in [0, 0.1) is 0 Å². The van der Waals surface area contributed by atoms with Gasteiger partial charge in [-0.15, -0.1) is 10.2 Å². The molecule has 4 heteroatoms. The summed E-state index contributed by atoms with van der Waals surface area (Å²) in [4.78, 5) is 0. The van der Waals surface area contributed by atoms with E-state index in [-0.39, 0.29) is 0 Å². The Kier molecular flexibility index (Phi) is 2.61. The molecule has 1 aromatic heterocycles. The molecule has 3 aromatic rings. The minimum atomic E-state index is 0.448. The van der Waals surface area contributed by atoms with Crippen molar-refractivity contribution in [2.24, 2.45) is 0 Å². The topological polar surface area (TPSA) is 51.8 Å². The van der Waals surface area contributed by atoms with E-state index in [9.17, 15) is 0 Å². The second-order valence-corrected chi connectivity index (χ2v) is 4.42. The van der Waals surface area contributed by atoms with Gasteiger partial charge in [0.1, 0.15) is 5.69 Å². The first-order chi connectivity index (χ1) is 8.75. The maximum Gasteiger partial charge on any atom is 0.154 e. The molecule has 1 heterocycles. The van der Waals surface area contributed by atoms with Crippen molar-refractivity contribution < 1.29 is 0 Å². The molecule has 2 N–H and O–H groups in total. The second-order valence-electron chi connectivity index (χ2n) is 3.99. The number of nitrogens with two attached hydrogens (primary N) is 1. The normalized spacial score (nSPS) is 10.7. The van der Waals surface area contributed by atoms with Gasteiger partial charge in [-0.05, 0) is 12.1 Å². The van der Waals surface area contributed by atoms with Crippen molar-refractivity contribution in [1.29, 1.82) is 0 Å². The van der Waals surface area contributed by atoms with Crippen LogP contribution in [0.4, 0.5) is 5.82 Å². The number of halogens is 1. The van der Waals surface area contributed by atoms with E-state index >= 15 is 0 Å². The van der Waals surface area contributed by atoms with E-state index < -0.39 is 0 Å². The van der Waals surface area contributed by atoms with Gasteiger partial charge in [-0.25, -0.2) is 0 Å². The SMILES string of the molecule is Nc1nnc(-c2ccc(Cl)cc2)c2ccccc12. The van der Waals surface area contributed by atoms with E-state index in [1.807, 2.05) is 48.5 Å². The minimum Gasteiger partial charge on any atom is -0.382 e. The minimum absolute atomic E-state index is 0.448. The number of nitrogens with zero attached hydrogens (tertiary/aromatic N) is 2. The van der Waals surface area contributed by atoms with Crippen LogP contribution in [0.25, 0.3) is 22.0 Å². The summed E-state index contributed by atoms with van der Waals surface area (Å²) >= 11 is 5.89. The van der Waals surface area contributed by atoms with Crippen LogP contribution in [-0.4, -0.2) is 10.2 Å². The smallest absolute Gasteiger partial charge is 0.154 e. The summed E-state index contributed by atoms with van der Waals surface area (Å²) in [6.45, 7) is 0. The number of hydrogen-bond acceptors (Lipinski definition) is 3. The first-order valence-corrected chi connectivity index (χ1v) is 5.90. The third-order valence-corrected chi connectivity index (χ3v) is 3.09. The molecule has 0 atom stereocenters. The van der Waals surface area contributed by atoms with Gasteiger partial charge in [0.15, 0.2) is 5.82 Å². The van der Waals surface area contributed by atoms with E-state index in [0.29, 0.717) is 10.8 Å². The average molecular weight is 256 g/mol. The average Bonchev–Trinajstić information content (AvgIpc) is 2.41. The van der Waals surface area contributed by atoms with Crippen molar-refractivity contribution in [3.05, 3.63) is 53.6 Å². The molecule has 0 spiro atoms. The van der Waals surface area contributed by atoms with Crippen LogP contribution in [0.5, 0.6) is 0 Å². The number of anilines is 1. The predicted molar refractivity (Wildman–Crippen MR) is 74.4 cm³/mol. The maximum atomic E-state index is 5.89. The molecule has 2 aromatic carbocycles. The monoisotopic (exact) mass is 255 g/mol. The van der Waals surface area contributed by atoms with Crippen molar-refractivity contribution in [3.63, 3.8) is 0 Å². The molecule has 0 fully saturated rings. The molecule has 18 heavy (non-hydrogen) atoms. The largest absolute Gasteiger partial charge is 0.382 e. The summed E-state index contributed by atoms with van der Waals surface area (Å²) in [5.74, 6) is 0.448. The zero-order chi connectivity index (χ0) is 12.5. The molecule has 0 saturated heterocycles. The van der Waals surface area contributed by atoms with Crippen molar-refractivity contribution in [2.75, 3.05) is 5.73 Å². The molecular weight excluding hydrogens is 246 g/mol. The predicted octanol–water partition coefficient (Wildman–Crippen LogP) is 3.53. The Bertz CT molecular complexity index is 708. The van der Waals surface area contributed by atoms with E-state index in [2.05, 4.69) is 10.2 Å². The summed E-state index contributed by atoms with van der Waals surface area (Å²) in [6.07, 6.45) is 0. The fraction of sp³-hybridized carbons (Fsp3) is 0. The molecule has 0 aliphatic heterocycles. The number of nitrogen functional groups attached to an aromatic ring is 1. The zero-order valence-corrected chi connectivity index (χ0v) is 10.2. The Morgan fingerprint density at radius 2 is 1.50 bits per heavy atom. The van der Waals surface area contributed by atoms with Crippen LogP contribution in [-0.2, 0) is 0 Å². The summed E-state index contributed by atoms with van der Waals surface area (Å²) in [6, 6.07) is 15.4. The molecule has 0 amide bonds. The van der Waals surface area contributed by atoms with E-state index in [1.165, 1.54) is 0 Å². The molecular formula is C14H10ClN3. The molecule has 0 aliphatic rings. The lowest BCUT2D eigenvalue weighted by Crippen LogP contribution is -1.97. The molecule has 0 bridgehead atoms. The molecule has 0 saturated carbocycles. The maximum absolute atomic E-state index is 5.89. The fourth-order valence-corrected chi connectivity index (χ4v) is 2.07. The molecule has 3 rings (SSSR count).